The summed E-state index contributed by atoms with van der Waals surface area (Å²) in [5.74, 6) is 0.515. The summed E-state index contributed by atoms with van der Waals surface area (Å²) in [5.41, 5.74) is 5.97. The molecule has 0 radical (unpaired) electrons. The van der Waals surface area contributed by atoms with E-state index in [1.807, 2.05) is 43.3 Å². The third kappa shape index (κ3) is 4.18. The maximum atomic E-state index is 11.9. The van der Waals surface area contributed by atoms with Crippen molar-refractivity contribution in [3.63, 3.8) is 0 Å². The fraction of sp³-hybridized carbons (Fsp3) is 0.320. The molecule has 0 spiro atoms. The molecule has 1 aliphatic heterocycles. The number of rotatable bonds is 6. The van der Waals surface area contributed by atoms with Crippen molar-refractivity contribution in [1.82, 2.24) is 14.9 Å². The molecular weight excluding hydrogens is 434 g/mol. The number of carbonyl (C=O) groups excluding carboxylic acids is 1. The Morgan fingerprint density at radius 3 is 2.64 bits per heavy atom. The Morgan fingerprint density at radius 2 is 2.03 bits per heavy atom. The van der Waals surface area contributed by atoms with Gasteiger partial charge >= 0.3 is 0 Å². The predicted molar refractivity (Wildman–Crippen MR) is 135 cm³/mol. The third-order valence-corrected chi connectivity index (χ3v) is 6.60. The van der Waals surface area contributed by atoms with Gasteiger partial charge in [0.1, 0.15) is 5.75 Å². The van der Waals surface area contributed by atoms with Crippen LogP contribution in [0.4, 0.5) is 11.4 Å². The summed E-state index contributed by atoms with van der Waals surface area (Å²) < 4.78 is 7.79. The van der Waals surface area contributed by atoms with E-state index in [2.05, 4.69) is 52.0 Å². The smallest absolute Gasteiger partial charge is 0.224 e. The van der Waals surface area contributed by atoms with Crippen LogP contribution in [0.25, 0.3) is 0 Å². The highest BCUT2D eigenvalue weighted by Gasteiger charge is 2.42. The topological polar surface area (TPSA) is 71.4 Å². The maximum Gasteiger partial charge on any atom is 0.224 e. The van der Waals surface area contributed by atoms with Gasteiger partial charge in [-0.2, -0.15) is 0 Å². The molecular formula is C25H29N5O2S. The van der Waals surface area contributed by atoms with E-state index in [0.717, 1.165) is 11.4 Å². The predicted octanol–water partition coefficient (Wildman–Crippen LogP) is 4.57. The lowest BCUT2D eigenvalue weighted by Gasteiger charge is -2.28. The fourth-order valence-electron chi connectivity index (χ4n) is 4.30. The zero-order chi connectivity index (χ0) is 23.7. The highest BCUT2D eigenvalue weighted by atomic mass is 32.1. The summed E-state index contributed by atoms with van der Waals surface area (Å²) in [5, 5.41) is 7.00. The number of hydrogen-bond donors (Lipinski definition) is 2. The van der Waals surface area contributed by atoms with E-state index in [1.54, 1.807) is 13.3 Å². The quantitative estimate of drug-likeness (QED) is 0.522. The van der Waals surface area contributed by atoms with Gasteiger partial charge in [0.2, 0.25) is 5.91 Å². The minimum absolute atomic E-state index is 0.0668. The second-order valence-corrected chi connectivity index (χ2v) is 8.56. The van der Waals surface area contributed by atoms with Crippen LogP contribution >= 0.6 is 12.2 Å². The Labute approximate surface area is 199 Å². The van der Waals surface area contributed by atoms with Gasteiger partial charge in [-0.15, -0.1) is 0 Å². The molecule has 33 heavy (non-hydrogen) atoms. The Bertz CT molecular complexity index is 1190. The molecule has 7 nitrogen and oxygen atoms in total. The third-order valence-electron chi connectivity index (χ3n) is 6.29. The molecule has 3 heterocycles. The number of hydrogen-bond acceptors (Lipinski definition) is 4. The van der Waals surface area contributed by atoms with E-state index in [1.165, 1.54) is 17.0 Å². The molecule has 2 aromatic heterocycles. The van der Waals surface area contributed by atoms with Crippen LogP contribution in [0.2, 0.25) is 0 Å². The van der Waals surface area contributed by atoms with Crippen molar-refractivity contribution in [2.45, 2.75) is 39.3 Å². The average Bonchev–Trinajstić information content (AvgIpc) is 3.30. The SMILES string of the molecule is CCC(=O)Nc1ccc(N2C(=S)NC(c3ccccn3)C2c2cc(C)n(C)c2C)cc1OC. The first kappa shape index (κ1) is 22.8. The summed E-state index contributed by atoms with van der Waals surface area (Å²) in [6.45, 7) is 6.05. The number of benzene rings is 1. The highest BCUT2D eigenvalue weighted by Crippen LogP contribution is 2.44. The van der Waals surface area contributed by atoms with Crippen molar-refractivity contribution < 1.29 is 9.53 Å². The summed E-state index contributed by atoms with van der Waals surface area (Å²) in [7, 11) is 3.67. The number of carbonyl (C=O) groups is 1. The van der Waals surface area contributed by atoms with E-state index >= 15 is 0 Å². The molecule has 1 saturated heterocycles. The summed E-state index contributed by atoms with van der Waals surface area (Å²) in [4.78, 5) is 18.7. The molecule has 172 valence electrons. The van der Waals surface area contributed by atoms with Crippen LogP contribution in [0.3, 0.4) is 0 Å². The fourth-order valence-corrected chi connectivity index (χ4v) is 4.65. The van der Waals surface area contributed by atoms with Crippen LogP contribution in [-0.4, -0.2) is 27.7 Å². The van der Waals surface area contributed by atoms with Crippen LogP contribution in [-0.2, 0) is 11.8 Å². The lowest BCUT2D eigenvalue weighted by molar-refractivity contribution is -0.115. The van der Waals surface area contributed by atoms with Crippen LogP contribution in [0, 0.1) is 13.8 Å². The first-order valence-electron chi connectivity index (χ1n) is 11.0. The first-order valence-corrected chi connectivity index (χ1v) is 11.4. The Morgan fingerprint density at radius 1 is 1.24 bits per heavy atom. The van der Waals surface area contributed by atoms with Crippen molar-refractivity contribution in [3.8, 4) is 5.75 Å². The Hall–Kier alpha value is -3.39. The minimum atomic E-state index is -0.121. The molecule has 1 aromatic carbocycles. The molecule has 1 fully saturated rings. The Balaban J connectivity index is 1.82. The molecule has 2 N–H and O–H groups in total. The van der Waals surface area contributed by atoms with Gasteiger partial charge in [-0.3, -0.25) is 9.78 Å². The molecule has 1 amide bonds. The molecule has 8 heteroatoms. The van der Waals surface area contributed by atoms with Gasteiger partial charge < -0.3 is 24.8 Å². The number of amides is 1. The van der Waals surface area contributed by atoms with Crippen molar-refractivity contribution in [3.05, 3.63) is 71.3 Å². The number of methoxy groups -OCH3 is 1. The van der Waals surface area contributed by atoms with Gasteiger partial charge in [-0.1, -0.05) is 13.0 Å². The largest absolute Gasteiger partial charge is 0.494 e. The summed E-state index contributed by atoms with van der Waals surface area (Å²) in [6.07, 6.45) is 2.20. The standard InChI is InChI=1S/C25H29N5O2S/c1-6-22(31)27-19-11-10-17(14-21(19)32-5)30-24(18-13-15(2)29(4)16(18)3)23(28-25(30)33)20-9-7-8-12-26-20/h7-14,23-24H,6H2,1-5H3,(H,27,31)(H,28,33). The Kier molecular flexibility index (Phi) is 6.37. The van der Waals surface area contributed by atoms with Gasteiger partial charge in [-0.25, -0.2) is 0 Å². The number of nitrogens with zero attached hydrogens (tertiary/aromatic N) is 3. The van der Waals surface area contributed by atoms with Crippen molar-refractivity contribution in [2.24, 2.45) is 7.05 Å². The van der Waals surface area contributed by atoms with Crippen molar-refractivity contribution in [2.75, 3.05) is 17.3 Å². The molecule has 2 atom stereocenters. The molecule has 3 aromatic rings. The van der Waals surface area contributed by atoms with E-state index in [4.69, 9.17) is 17.0 Å². The van der Waals surface area contributed by atoms with Crippen LogP contribution in [0.1, 0.15) is 48.1 Å². The normalized spacial score (nSPS) is 17.7. The second-order valence-electron chi connectivity index (χ2n) is 8.17. The van der Waals surface area contributed by atoms with Crippen LogP contribution in [0.5, 0.6) is 5.75 Å². The number of thiocarbonyl (C=S) groups is 1. The average molecular weight is 464 g/mol. The monoisotopic (exact) mass is 463 g/mol. The molecule has 1 aliphatic rings. The van der Waals surface area contributed by atoms with Gasteiger partial charge in [0, 0.05) is 42.8 Å². The number of aromatic nitrogens is 2. The van der Waals surface area contributed by atoms with E-state index < -0.39 is 0 Å². The van der Waals surface area contributed by atoms with Gasteiger partial charge in [0.25, 0.3) is 0 Å². The van der Waals surface area contributed by atoms with Gasteiger partial charge in [0.15, 0.2) is 5.11 Å². The van der Waals surface area contributed by atoms with Crippen LogP contribution < -0.4 is 20.3 Å². The van der Waals surface area contributed by atoms with E-state index in [0.29, 0.717) is 23.0 Å². The van der Waals surface area contributed by atoms with E-state index in [9.17, 15) is 4.79 Å². The molecule has 0 saturated carbocycles. The minimum Gasteiger partial charge on any atom is -0.494 e. The second kappa shape index (κ2) is 9.23. The number of pyridine rings is 1. The summed E-state index contributed by atoms with van der Waals surface area (Å²) >= 11 is 5.83. The first-order chi connectivity index (χ1) is 15.8. The van der Waals surface area contributed by atoms with Crippen LogP contribution in [0.15, 0.2) is 48.7 Å². The molecule has 2 unspecified atom stereocenters. The molecule has 0 aliphatic carbocycles. The molecule has 4 rings (SSSR count). The molecule has 0 bridgehead atoms. The zero-order valence-electron chi connectivity index (χ0n) is 19.5. The number of nitrogens with one attached hydrogen (secondary N) is 2. The maximum absolute atomic E-state index is 11.9. The number of aryl methyl sites for hydroxylation is 1. The lowest BCUT2D eigenvalue weighted by atomic mass is 9.96. The van der Waals surface area contributed by atoms with Crippen molar-refractivity contribution >= 4 is 34.6 Å². The number of anilines is 2. The van der Waals surface area contributed by atoms with E-state index in [-0.39, 0.29) is 18.0 Å². The summed E-state index contributed by atoms with van der Waals surface area (Å²) in [6, 6.07) is 13.6. The zero-order valence-corrected chi connectivity index (χ0v) is 20.4. The van der Waals surface area contributed by atoms with Gasteiger partial charge in [0.05, 0.1) is 30.6 Å². The highest BCUT2D eigenvalue weighted by molar-refractivity contribution is 7.80. The number of ether oxygens (including phenoxy) is 1. The van der Waals surface area contributed by atoms with Gasteiger partial charge in [-0.05, 0) is 62.0 Å². The van der Waals surface area contributed by atoms with Crippen molar-refractivity contribution in [1.29, 1.82) is 0 Å². The lowest BCUT2D eigenvalue weighted by Crippen LogP contribution is -2.29.